The molecule has 0 fully saturated rings. The predicted octanol–water partition coefficient (Wildman–Crippen LogP) is 0.939. The van der Waals surface area contributed by atoms with Crippen molar-refractivity contribution < 1.29 is 4.79 Å². The van der Waals surface area contributed by atoms with Gasteiger partial charge in [0.1, 0.15) is 11.1 Å². The number of H-pyrrole nitrogens is 1. The molecule has 0 aliphatic rings. The maximum absolute atomic E-state index is 12.7. The number of carbonyl (C=O) groups is 1. The van der Waals surface area contributed by atoms with Crippen molar-refractivity contribution in [3.8, 4) is 0 Å². The van der Waals surface area contributed by atoms with Crippen molar-refractivity contribution in [3.63, 3.8) is 0 Å². The van der Waals surface area contributed by atoms with E-state index in [1.807, 2.05) is 13.8 Å². The largest absolute Gasteiger partial charge is 0.302 e. The normalized spacial score (nSPS) is 11.4. The number of hydrogen-bond acceptors (Lipinski definition) is 5. The SMILES string of the molecule is Cc1c(C(=O)c2c[nH]n(C)c2=O)ccc2nnn(C(C)C)c(=O)c12. The Bertz CT molecular complexity index is 1070. The van der Waals surface area contributed by atoms with Crippen LogP contribution in [-0.4, -0.2) is 30.6 Å². The van der Waals surface area contributed by atoms with Gasteiger partial charge in [-0.1, -0.05) is 5.21 Å². The molecule has 0 aliphatic carbocycles. The van der Waals surface area contributed by atoms with Crippen LogP contribution in [0.15, 0.2) is 27.9 Å². The number of nitrogens with zero attached hydrogens (tertiary/aromatic N) is 4. The highest BCUT2D eigenvalue weighted by Crippen LogP contribution is 2.19. The van der Waals surface area contributed by atoms with Crippen LogP contribution in [0.5, 0.6) is 0 Å². The molecule has 2 aromatic heterocycles. The van der Waals surface area contributed by atoms with E-state index >= 15 is 0 Å². The Hall–Kier alpha value is -3.03. The molecular formula is C16H17N5O3. The fraction of sp³-hybridized carbons (Fsp3) is 0.312. The van der Waals surface area contributed by atoms with Crippen molar-refractivity contribution in [2.75, 3.05) is 0 Å². The Morgan fingerprint density at radius 2 is 1.88 bits per heavy atom. The molecule has 24 heavy (non-hydrogen) atoms. The molecule has 0 spiro atoms. The summed E-state index contributed by atoms with van der Waals surface area (Å²) in [6.07, 6.45) is 1.37. The first kappa shape index (κ1) is 15.9. The molecule has 0 atom stereocenters. The highest BCUT2D eigenvalue weighted by Gasteiger charge is 2.20. The Morgan fingerprint density at radius 3 is 2.46 bits per heavy atom. The molecule has 8 nitrogen and oxygen atoms in total. The quantitative estimate of drug-likeness (QED) is 0.721. The van der Waals surface area contributed by atoms with Gasteiger partial charge in [-0.15, -0.1) is 5.10 Å². The zero-order valence-electron chi connectivity index (χ0n) is 13.8. The van der Waals surface area contributed by atoms with Gasteiger partial charge >= 0.3 is 0 Å². The van der Waals surface area contributed by atoms with Crippen molar-refractivity contribution in [3.05, 3.63) is 55.7 Å². The number of nitrogens with one attached hydrogen (secondary N) is 1. The topological polar surface area (TPSA) is 103 Å². The summed E-state index contributed by atoms with van der Waals surface area (Å²) < 4.78 is 2.50. The number of aromatic nitrogens is 5. The van der Waals surface area contributed by atoms with Gasteiger partial charge in [0.15, 0.2) is 5.78 Å². The zero-order valence-corrected chi connectivity index (χ0v) is 13.8. The third kappa shape index (κ3) is 2.27. The standard InChI is InChI=1S/C16H17N5O3/c1-8(2)21-16(24)13-9(3)10(5-6-12(13)18-19-21)14(22)11-7-17-20(4)15(11)23/h5-8,17H,1-4H3. The Kier molecular flexibility index (Phi) is 3.67. The molecule has 1 aromatic carbocycles. The molecule has 0 aliphatic heterocycles. The lowest BCUT2D eigenvalue weighted by Crippen LogP contribution is -2.27. The summed E-state index contributed by atoms with van der Waals surface area (Å²) in [5, 5.41) is 11.0. The molecule has 3 aromatic rings. The van der Waals surface area contributed by atoms with Crippen molar-refractivity contribution >= 4 is 16.7 Å². The first-order valence-electron chi connectivity index (χ1n) is 7.50. The number of ketones is 1. The van der Waals surface area contributed by atoms with Crippen LogP contribution < -0.4 is 11.1 Å². The first-order chi connectivity index (χ1) is 11.3. The summed E-state index contributed by atoms with van der Waals surface area (Å²) in [5.74, 6) is -0.427. The summed E-state index contributed by atoms with van der Waals surface area (Å²) >= 11 is 0. The van der Waals surface area contributed by atoms with Gasteiger partial charge in [-0.2, -0.15) is 0 Å². The van der Waals surface area contributed by atoms with Gasteiger partial charge in [0, 0.05) is 18.8 Å². The van der Waals surface area contributed by atoms with Crippen LogP contribution in [0.2, 0.25) is 0 Å². The molecule has 2 heterocycles. The van der Waals surface area contributed by atoms with E-state index < -0.39 is 11.3 Å². The monoisotopic (exact) mass is 327 g/mol. The van der Waals surface area contributed by atoms with E-state index in [1.54, 1.807) is 19.1 Å². The third-order valence-corrected chi connectivity index (χ3v) is 4.03. The number of hydrogen-bond donors (Lipinski definition) is 1. The van der Waals surface area contributed by atoms with Crippen LogP contribution in [0, 0.1) is 6.92 Å². The average molecular weight is 327 g/mol. The van der Waals surface area contributed by atoms with Crippen molar-refractivity contribution in [2.45, 2.75) is 26.8 Å². The van der Waals surface area contributed by atoms with E-state index in [4.69, 9.17) is 0 Å². The highest BCUT2D eigenvalue weighted by molar-refractivity contribution is 6.11. The van der Waals surface area contributed by atoms with Crippen LogP contribution in [-0.2, 0) is 7.05 Å². The minimum absolute atomic E-state index is 0.0335. The fourth-order valence-electron chi connectivity index (χ4n) is 2.66. The van der Waals surface area contributed by atoms with Crippen LogP contribution in [0.3, 0.4) is 0 Å². The van der Waals surface area contributed by atoms with E-state index in [1.165, 1.54) is 22.6 Å². The van der Waals surface area contributed by atoms with Crippen LogP contribution in [0.4, 0.5) is 0 Å². The van der Waals surface area contributed by atoms with Crippen molar-refractivity contribution in [1.29, 1.82) is 0 Å². The Morgan fingerprint density at radius 1 is 1.17 bits per heavy atom. The first-order valence-corrected chi connectivity index (χ1v) is 7.50. The predicted molar refractivity (Wildman–Crippen MR) is 88.4 cm³/mol. The molecule has 0 saturated carbocycles. The second-order valence-electron chi connectivity index (χ2n) is 5.95. The summed E-state index contributed by atoms with van der Waals surface area (Å²) in [6.45, 7) is 5.34. The number of benzene rings is 1. The van der Waals surface area contributed by atoms with E-state index in [0.29, 0.717) is 22.0 Å². The fourth-order valence-corrected chi connectivity index (χ4v) is 2.66. The lowest BCUT2D eigenvalue weighted by Gasteiger charge is -2.10. The maximum Gasteiger partial charge on any atom is 0.278 e. The lowest BCUT2D eigenvalue weighted by atomic mass is 9.98. The van der Waals surface area contributed by atoms with Crippen molar-refractivity contribution in [2.24, 2.45) is 7.05 Å². The van der Waals surface area contributed by atoms with Gasteiger partial charge < -0.3 is 5.10 Å². The second-order valence-corrected chi connectivity index (χ2v) is 5.95. The van der Waals surface area contributed by atoms with E-state index in [0.717, 1.165) is 0 Å². The van der Waals surface area contributed by atoms with Gasteiger partial charge in [-0.3, -0.25) is 19.1 Å². The summed E-state index contributed by atoms with van der Waals surface area (Å²) in [7, 11) is 1.53. The molecule has 8 heteroatoms. The second kappa shape index (κ2) is 5.55. The molecule has 3 rings (SSSR count). The summed E-state index contributed by atoms with van der Waals surface area (Å²) in [6, 6.07) is 3.00. The van der Waals surface area contributed by atoms with Gasteiger partial charge in [0.05, 0.1) is 11.4 Å². The number of carbonyl (C=O) groups excluding carboxylic acids is 1. The highest BCUT2D eigenvalue weighted by atomic mass is 16.2. The average Bonchev–Trinajstić information content (AvgIpc) is 2.86. The van der Waals surface area contributed by atoms with E-state index in [-0.39, 0.29) is 17.2 Å². The van der Waals surface area contributed by atoms with Crippen molar-refractivity contribution in [1.82, 2.24) is 24.8 Å². The van der Waals surface area contributed by atoms with Crippen LogP contribution >= 0.6 is 0 Å². The molecule has 124 valence electrons. The smallest absolute Gasteiger partial charge is 0.278 e. The Balaban J connectivity index is 2.27. The maximum atomic E-state index is 12.7. The molecular weight excluding hydrogens is 310 g/mol. The van der Waals surface area contributed by atoms with Crippen LogP contribution in [0.25, 0.3) is 10.9 Å². The van der Waals surface area contributed by atoms with Gasteiger partial charge in [0.2, 0.25) is 0 Å². The van der Waals surface area contributed by atoms with Gasteiger partial charge in [-0.25, -0.2) is 4.68 Å². The Labute approximate surface area is 136 Å². The minimum atomic E-state index is -0.427. The molecule has 0 radical (unpaired) electrons. The molecule has 0 amide bonds. The van der Waals surface area contributed by atoms with Crippen LogP contribution in [0.1, 0.15) is 41.4 Å². The minimum Gasteiger partial charge on any atom is -0.302 e. The molecule has 1 N–H and O–H groups in total. The molecule has 0 saturated heterocycles. The van der Waals surface area contributed by atoms with E-state index in [9.17, 15) is 14.4 Å². The summed E-state index contributed by atoms with van der Waals surface area (Å²) in [5.41, 5.74) is 0.546. The van der Waals surface area contributed by atoms with E-state index in [2.05, 4.69) is 15.4 Å². The van der Waals surface area contributed by atoms with Gasteiger partial charge in [-0.05, 0) is 38.5 Å². The zero-order chi connectivity index (χ0) is 17.6. The third-order valence-electron chi connectivity index (χ3n) is 4.03. The number of aryl methyl sites for hydroxylation is 2. The van der Waals surface area contributed by atoms with Gasteiger partial charge in [0.25, 0.3) is 11.1 Å². The lowest BCUT2D eigenvalue weighted by molar-refractivity contribution is 0.103. The molecule has 0 bridgehead atoms. The number of aromatic amines is 1. The number of fused-ring (bicyclic) bond motifs is 1. The number of rotatable bonds is 3. The molecule has 0 unspecified atom stereocenters. The summed E-state index contributed by atoms with van der Waals surface area (Å²) in [4.78, 5) is 37.3.